The lowest BCUT2D eigenvalue weighted by atomic mass is 10.0. The first-order valence-corrected chi connectivity index (χ1v) is 4.90. The van der Waals surface area contributed by atoms with E-state index in [1.54, 1.807) is 0 Å². The van der Waals surface area contributed by atoms with Gasteiger partial charge < -0.3 is 9.47 Å². The van der Waals surface area contributed by atoms with Gasteiger partial charge in [0.2, 0.25) is 0 Å². The van der Waals surface area contributed by atoms with E-state index < -0.39 is 10.9 Å². The summed E-state index contributed by atoms with van der Waals surface area (Å²) < 4.78 is 9.44. The molecule has 0 amide bonds. The lowest BCUT2D eigenvalue weighted by Gasteiger charge is -2.09. The lowest BCUT2D eigenvalue weighted by molar-refractivity contribution is -0.385. The Hall–Kier alpha value is -2.44. The molecule has 0 radical (unpaired) electrons. The maximum Gasteiger partial charge on any atom is 0.310 e. The minimum Gasteiger partial charge on any atom is -0.496 e. The topological polar surface area (TPSA) is 95.7 Å². The maximum absolute atomic E-state index is 11.2. The largest absolute Gasteiger partial charge is 0.496 e. The molecule has 0 unspecified atom stereocenters. The molecule has 0 N–H and O–H groups in total. The Kier molecular flexibility index (Phi) is 4.36. The van der Waals surface area contributed by atoms with Crippen molar-refractivity contribution in [1.29, 1.82) is 0 Å². The van der Waals surface area contributed by atoms with Gasteiger partial charge in [-0.3, -0.25) is 19.7 Å². The average molecular weight is 253 g/mol. The highest BCUT2D eigenvalue weighted by atomic mass is 16.6. The summed E-state index contributed by atoms with van der Waals surface area (Å²) in [6, 6.07) is 2.25. The highest BCUT2D eigenvalue weighted by molar-refractivity contribution is 5.84. The Morgan fingerprint density at radius 1 is 1.44 bits per heavy atom. The zero-order valence-corrected chi connectivity index (χ0v) is 9.84. The van der Waals surface area contributed by atoms with Crippen LogP contribution in [-0.2, 0) is 16.0 Å². The van der Waals surface area contributed by atoms with Gasteiger partial charge >= 0.3 is 5.97 Å². The van der Waals surface area contributed by atoms with E-state index >= 15 is 0 Å². The molecule has 0 bridgehead atoms. The summed E-state index contributed by atoms with van der Waals surface area (Å²) in [6.45, 7) is 0. The number of esters is 1. The van der Waals surface area contributed by atoms with Crippen molar-refractivity contribution < 1.29 is 24.0 Å². The molecule has 0 spiro atoms. The summed E-state index contributed by atoms with van der Waals surface area (Å²) in [5, 5.41) is 10.7. The number of hydrogen-bond acceptors (Lipinski definition) is 6. The van der Waals surface area contributed by atoms with Crippen LogP contribution in [0.3, 0.4) is 0 Å². The number of ether oxygens (including phenoxy) is 2. The molecule has 0 saturated heterocycles. The average Bonchev–Trinajstić information content (AvgIpc) is 2.38. The van der Waals surface area contributed by atoms with Crippen LogP contribution in [0.15, 0.2) is 12.1 Å². The molecule has 1 aromatic rings. The number of carbonyl (C=O) groups excluding carboxylic acids is 2. The second-order valence-corrected chi connectivity index (χ2v) is 3.34. The number of nitrogens with zero attached hydrogens (tertiary/aromatic N) is 1. The van der Waals surface area contributed by atoms with Gasteiger partial charge in [0.1, 0.15) is 5.75 Å². The number of benzene rings is 1. The molecule has 1 rings (SSSR count). The number of methoxy groups -OCH3 is 2. The Balaban J connectivity index is 3.34. The van der Waals surface area contributed by atoms with E-state index in [0.29, 0.717) is 6.29 Å². The van der Waals surface area contributed by atoms with E-state index in [-0.39, 0.29) is 29.0 Å². The van der Waals surface area contributed by atoms with Gasteiger partial charge in [-0.1, -0.05) is 0 Å². The second-order valence-electron chi connectivity index (χ2n) is 3.34. The van der Waals surface area contributed by atoms with Crippen molar-refractivity contribution in [2.75, 3.05) is 14.2 Å². The fourth-order valence-electron chi connectivity index (χ4n) is 1.45. The zero-order valence-electron chi connectivity index (χ0n) is 9.84. The van der Waals surface area contributed by atoms with Gasteiger partial charge in [0.15, 0.2) is 6.29 Å². The first-order chi connectivity index (χ1) is 8.53. The minimum atomic E-state index is -0.641. The van der Waals surface area contributed by atoms with E-state index in [1.807, 2.05) is 0 Å². The third-order valence-corrected chi connectivity index (χ3v) is 2.33. The minimum absolute atomic E-state index is 0.0338. The molecule has 1 aromatic carbocycles. The van der Waals surface area contributed by atoms with Gasteiger partial charge in [-0.15, -0.1) is 0 Å². The second kappa shape index (κ2) is 5.76. The van der Waals surface area contributed by atoms with E-state index in [9.17, 15) is 19.7 Å². The molecule has 0 aromatic heterocycles. The maximum atomic E-state index is 11.2. The summed E-state index contributed by atoms with van der Waals surface area (Å²) in [6.07, 6.45) is 0.250. The van der Waals surface area contributed by atoms with Crippen LogP contribution in [0.25, 0.3) is 0 Å². The molecule has 0 atom stereocenters. The molecule has 0 fully saturated rings. The summed E-state index contributed by atoms with van der Waals surface area (Å²) in [7, 11) is 2.51. The van der Waals surface area contributed by atoms with Gasteiger partial charge in [0.05, 0.1) is 31.6 Å². The van der Waals surface area contributed by atoms with Gasteiger partial charge in [-0.2, -0.15) is 0 Å². The summed E-state index contributed by atoms with van der Waals surface area (Å²) in [5.74, 6) is -0.457. The van der Waals surface area contributed by atoms with Crippen molar-refractivity contribution in [3.63, 3.8) is 0 Å². The molecule has 0 saturated carbocycles. The first kappa shape index (κ1) is 13.6. The van der Waals surface area contributed by atoms with Crippen LogP contribution in [0.5, 0.6) is 5.75 Å². The molecule has 96 valence electrons. The van der Waals surface area contributed by atoms with Gasteiger partial charge in [-0.05, 0) is 0 Å². The molecule has 0 heterocycles. The molecular formula is C11H11NO6. The van der Waals surface area contributed by atoms with Crippen LogP contribution in [0.4, 0.5) is 5.69 Å². The van der Waals surface area contributed by atoms with Crippen molar-refractivity contribution in [2.24, 2.45) is 0 Å². The number of rotatable bonds is 5. The molecule has 0 aliphatic carbocycles. The molecule has 7 nitrogen and oxygen atoms in total. The van der Waals surface area contributed by atoms with E-state index in [0.717, 1.165) is 12.1 Å². The number of hydrogen-bond donors (Lipinski definition) is 0. The SMILES string of the molecule is COC(=O)Cc1c(C=O)cc([N+](=O)[O-])cc1OC. The highest BCUT2D eigenvalue weighted by Gasteiger charge is 2.19. The highest BCUT2D eigenvalue weighted by Crippen LogP contribution is 2.28. The predicted octanol–water partition coefficient (Wildman–Crippen LogP) is 1.13. The van der Waals surface area contributed by atoms with Gasteiger partial charge in [-0.25, -0.2) is 0 Å². The van der Waals surface area contributed by atoms with Crippen LogP contribution in [-0.4, -0.2) is 31.4 Å². The standard InChI is InChI=1S/C11H11NO6/c1-17-10-4-8(12(15)16)3-7(6-13)9(10)5-11(14)18-2/h3-4,6H,5H2,1-2H3. The Bertz CT molecular complexity index is 497. The fraction of sp³-hybridized carbons (Fsp3) is 0.273. The number of nitro groups is 1. The number of nitro benzene ring substituents is 1. The zero-order chi connectivity index (χ0) is 13.7. The van der Waals surface area contributed by atoms with Crippen molar-refractivity contribution in [3.05, 3.63) is 33.4 Å². The van der Waals surface area contributed by atoms with Crippen molar-refractivity contribution in [1.82, 2.24) is 0 Å². The predicted molar refractivity (Wildman–Crippen MR) is 60.8 cm³/mol. The van der Waals surface area contributed by atoms with Crippen LogP contribution in [0.1, 0.15) is 15.9 Å². The normalized spacial score (nSPS) is 9.67. The van der Waals surface area contributed by atoms with Crippen molar-refractivity contribution in [2.45, 2.75) is 6.42 Å². The molecule has 18 heavy (non-hydrogen) atoms. The fourth-order valence-corrected chi connectivity index (χ4v) is 1.45. The van der Waals surface area contributed by atoms with Gasteiger partial charge in [0, 0.05) is 17.2 Å². The van der Waals surface area contributed by atoms with Crippen LogP contribution < -0.4 is 4.74 Å². The Morgan fingerprint density at radius 3 is 2.56 bits per heavy atom. The summed E-state index contributed by atoms with van der Waals surface area (Å²) in [5.41, 5.74) is 0.0268. The smallest absolute Gasteiger partial charge is 0.310 e. The first-order valence-electron chi connectivity index (χ1n) is 4.90. The van der Waals surface area contributed by atoms with Crippen molar-refractivity contribution >= 4 is 17.9 Å². The molecule has 0 aliphatic heterocycles. The molecule has 7 heteroatoms. The Morgan fingerprint density at radius 2 is 2.11 bits per heavy atom. The quantitative estimate of drug-likeness (QED) is 0.338. The summed E-state index contributed by atoms with van der Waals surface area (Å²) >= 11 is 0. The summed E-state index contributed by atoms with van der Waals surface area (Å²) in [4.78, 5) is 32.1. The monoisotopic (exact) mass is 253 g/mol. The van der Waals surface area contributed by atoms with Gasteiger partial charge in [0.25, 0.3) is 5.69 Å². The number of non-ortho nitro benzene ring substituents is 1. The number of aldehydes is 1. The van der Waals surface area contributed by atoms with E-state index in [4.69, 9.17) is 4.74 Å². The van der Waals surface area contributed by atoms with Crippen LogP contribution in [0, 0.1) is 10.1 Å². The van der Waals surface area contributed by atoms with Crippen molar-refractivity contribution in [3.8, 4) is 5.75 Å². The van der Waals surface area contributed by atoms with Crippen LogP contribution >= 0.6 is 0 Å². The Labute approximate surface area is 102 Å². The van der Waals surface area contributed by atoms with Crippen LogP contribution in [0.2, 0.25) is 0 Å². The lowest BCUT2D eigenvalue weighted by Crippen LogP contribution is -2.09. The number of carbonyl (C=O) groups is 2. The van der Waals surface area contributed by atoms with E-state index in [1.165, 1.54) is 14.2 Å². The molecule has 0 aliphatic rings. The third kappa shape index (κ3) is 2.82. The third-order valence-electron chi connectivity index (χ3n) is 2.33. The molecular weight excluding hydrogens is 242 g/mol. The van der Waals surface area contributed by atoms with E-state index in [2.05, 4.69) is 4.74 Å².